The van der Waals surface area contributed by atoms with Crippen molar-refractivity contribution in [1.82, 2.24) is 4.98 Å². The molecule has 0 bridgehead atoms. The summed E-state index contributed by atoms with van der Waals surface area (Å²) in [5.74, 6) is -1.62. The first kappa shape index (κ1) is 18.5. The maximum Gasteiger partial charge on any atom is 0.350 e. The van der Waals surface area contributed by atoms with Gasteiger partial charge in [-0.25, -0.2) is 14.6 Å². The first-order valence-corrected chi connectivity index (χ1v) is 8.83. The van der Waals surface area contributed by atoms with E-state index in [1.807, 2.05) is 24.3 Å². The van der Waals surface area contributed by atoms with Crippen molar-refractivity contribution in [3.63, 3.8) is 0 Å². The lowest BCUT2D eigenvalue weighted by Gasteiger charge is -2.29. The van der Waals surface area contributed by atoms with Crippen molar-refractivity contribution in [2.24, 2.45) is 0 Å². The monoisotopic (exact) mass is 394 g/mol. The minimum absolute atomic E-state index is 0.221. The van der Waals surface area contributed by atoms with Crippen molar-refractivity contribution in [3.05, 3.63) is 54.2 Å². The predicted molar refractivity (Wildman–Crippen MR) is 104 cm³/mol. The average Bonchev–Trinajstić information content (AvgIpc) is 3.10. The zero-order valence-corrected chi connectivity index (χ0v) is 16.0. The van der Waals surface area contributed by atoms with Crippen LogP contribution in [-0.2, 0) is 19.1 Å². The Morgan fingerprint density at radius 2 is 1.83 bits per heavy atom. The fourth-order valence-electron chi connectivity index (χ4n) is 2.83. The van der Waals surface area contributed by atoms with Crippen molar-refractivity contribution >= 4 is 28.7 Å². The number of aromatic nitrogens is 1. The van der Waals surface area contributed by atoms with Gasteiger partial charge in [0.2, 0.25) is 5.89 Å². The molecule has 0 radical (unpaired) electrons. The summed E-state index contributed by atoms with van der Waals surface area (Å²) in [5, 5.41) is 2.90. The van der Waals surface area contributed by atoms with Gasteiger partial charge in [-0.15, -0.1) is 0 Å². The lowest BCUT2D eigenvalue weighted by atomic mass is 10.2. The first-order valence-electron chi connectivity index (χ1n) is 8.83. The maximum atomic E-state index is 12.0. The van der Waals surface area contributed by atoms with E-state index in [-0.39, 0.29) is 5.57 Å². The SMILES string of the molecule is COc1cccc(-c2nc3cc(NC=C4C(=O)OC(C)(C)OC4=O)ccc3o2)c1. The Kier molecular flexibility index (Phi) is 4.46. The van der Waals surface area contributed by atoms with E-state index in [1.165, 1.54) is 20.0 Å². The highest BCUT2D eigenvalue weighted by Gasteiger charge is 2.38. The Bertz CT molecular complexity index is 1120. The third-order valence-corrected chi connectivity index (χ3v) is 4.20. The molecule has 4 rings (SSSR count). The molecular formula is C21H18N2O6. The van der Waals surface area contributed by atoms with E-state index < -0.39 is 17.7 Å². The lowest BCUT2D eigenvalue weighted by Crippen LogP contribution is -2.42. The Morgan fingerprint density at radius 3 is 2.55 bits per heavy atom. The molecule has 0 atom stereocenters. The quantitative estimate of drug-likeness (QED) is 0.407. The normalized spacial score (nSPS) is 15.6. The summed E-state index contributed by atoms with van der Waals surface area (Å²) in [6, 6.07) is 12.6. The van der Waals surface area contributed by atoms with E-state index in [2.05, 4.69) is 10.3 Å². The van der Waals surface area contributed by atoms with Gasteiger partial charge in [-0.3, -0.25) is 0 Å². The molecule has 1 aromatic heterocycles. The molecule has 1 saturated heterocycles. The van der Waals surface area contributed by atoms with E-state index in [0.29, 0.717) is 28.4 Å². The highest BCUT2D eigenvalue weighted by atomic mass is 16.7. The van der Waals surface area contributed by atoms with Gasteiger partial charge in [-0.05, 0) is 36.4 Å². The summed E-state index contributed by atoms with van der Waals surface area (Å²) < 4.78 is 21.1. The molecule has 0 saturated carbocycles. The third kappa shape index (κ3) is 3.77. The van der Waals surface area contributed by atoms with Gasteiger partial charge in [-0.1, -0.05) is 6.07 Å². The number of anilines is 1. The second-order valence-corrected chi connectivity index (χ2v) is 6.81. The molecule has 2 aromatic carbocycles. The van der Waals surface area contributed by atoms with Gasteiger partial charge in [0, 0.05) is 31.3 Å². The number of oxazole rings is 1. The molecule has 1 N–H and O–H groups in total. The topological polar surface area (TPSA) is 99.9 Å². The van der Waals surface area contributed by atoms with Crippen LogP contribution in [0.25, 0.3) is 22.6 Å². The number of cyclic esters (lactones) is 2. The smallest absolute Gasteiger partial charge is 0.350 e. The second-order valence-electron chi connectivity index (χ2n) is 6.81. The summed E-state index contributed by atoms with van der Waals surface area (Å²) >= 11 is 0. The Morgan fingerprint density at radius 1 is 1.07 bits per heavy atom. The number of carbonyl (C=O) groups is 2. The van der Waals surface area contributed by atoms with Gasteiger partial charge in [0.25, 0.3) is 5.79 Å². The van der Waals surface area contributed by atoms with Gasteiger partial charge in [-0.2, -0.15) is 0 Å². The standard InChI is InChI=1S/C21H18N2O6/c1-21(2)28-19(24)15(20(25)29-21)11-22-13-7-8-17-16(10-13)23-18(27-17)12-5-4-6-14(9-12)26-3/h4-11,22H,1-3H3. The van der Waals surface area contributed by atoms with Crippen molar-refractivity contribution in [2.75, 3.05) is 12.4 Å². The number of methoxy groups -OCH3 is 1. The van der Waals surface area contributed by atoms with Gasteiger partial charge in [0.1, 0.15) is 11.3 Å². The zero-order valence-electron chi connectivity index (χ0n) is 16.0. The van der Waals surface area contributed by atoms with Crippen LogP contribution >= 0.6 is 0 Å². The Balaban J connectivity index is 1.58. The molecule has 29 heavy (non-hydrogen) atoms. The largest absolute Gasteiger partial charge is 0.497 e. The molecule has 3 aromatic rings. The zero-order chi connectivity index (χ0) is 20.6. The molecule has 0 unspecified atom stereocenters. The number of nitrogens with one attached hydrogen (secondary N) is 1. The van der Waals surface area contributed by atoms with Crippen LogP contribution in [-0.4, -0.2) is 29.8 Å². The molecule has 8 heteroatoms. The average molecular weight is 394 g/mol. The van der Waals surface area contributed by atoms with Crippen molar-refractivity contribution in [1.29, 1.82) is 0 Å². The summed E-state index contributed by atoms with van der Waals surface area (Å²) in [4.78, 5) is 28.5. The number of hydrogen-bond donors (Lipinski definition) is 1. The van der Waals surface area contributed by atoms with Crippen LogP contribution in [0.4, 0.5) is 5.69 Å². The van der Waals surface area contributed by atoms with E-state index in [4.69, 9.17) is 18.6 Å². The Labute approximate surface area is 166 Å². The van der Waals surface area contributed by atoms with Gasteiger partial charge < -0.3 is 23.9 Å². The number of hydrogen-bond acceptors (Lipinski definition) is 8. The van der Waals surface area contributed by atoms with E-state index in [1.54, 1.807) is 25.3 Å². The fraction of sp³-hybridized carbons (Fsp3) is 0.190. The number of esters is 2. The highest BCUT2D eigenvalue weighted by Crippen LogP contribution is 2.28. The van der Waals surface area contributed by atoms with Crippen molar-refractivity contribution in [3.8, 4) is 17.2 Å². The second kappa shape index (κ2) is 6.97. The minimum Gasteiger partial charge on any atom is -0.497 e. The molecule has 0 spiro atoms. The van der Waals surface area contributed by atoms with Crippen LogP contribution in [0.1, 0.15) is 13.8 Å². The van der Waals surface area contributed by atoms with Gasteiger partial charge in [0.05, 0.1) is 7.11 Å². The molecule has 0 amide bonds. The van der Waals surface area contributed by atoms with Crippen LogP contribution in [0.5, 0.6) is 5.75 Å². The number of nitrogens with zero attached hydrogens (tertiary/aromatic N) is 1. The minimum atomic E-state index is -1.28. The summed E-state index contributed by atoms with van der Waals surface area (Å²) in [7, 11) is 1.59. The van der Waals surface area contributed by atoms with Crippen LogP contribution < -0.4 is 10.1 Å². The molecule has 1 fully saturated rings. The van der Waals surface area contributed by atoms with Crippen LogP contribution in [0.2, 0.25) is 0 Å². The molecular weight excluding hydrogens is 376 g/mol. The molecule has 8 nitrogen and oxygen atoms in total. The van der Waals surface area contributed by atoms with Crippen LogP contribution in [0.15, 0.2) is 58.7 Å². The van der Waals surface area contributed by atoms with E-state index in [9.17, 15) is 9.59 Å². The number of rotatable bonds is 4. The molecule has 1 aliphatic rings. The molecule has 2 heterocycles. The van der Waals surface area contributed by atoms with Gasteiger partial charge >= 0.3 is 11.9 Å². The van der Waals surface area contributed by atoms with E-state index in [0.717, 1.165) is 5.56 Å². The lowest BCUT2D eigenvalue weighted by molar-refractivity contribution is -0.222. The summed E-state index contributed by atoms with van der Waals surface area (Å²) in [5.41, 5.74) is 2.38. The van der Waals surface area contributed by atoms with Crippen molar-refractivity contribution in [2.45, 2.75) is 19.6 Å². The predicted octanol–water partition coefficient (Wildman–Crippen LogP) is 3.64. The maximum absolute atomic E-state index is 12.0. The molecule has 148 valence electrons. The van der Waals surface area contributed by atoms with E-state index >= 15 is 0 Å². The molecule has 0 aliphatic carbocycles. The fourth-order valence-corrected chi connectivity index (χ4v) is 2.83. The van der Waals surface area contributed by atoms with Crippen molar-refractivity contribution < 1.29 is 28.2 Å². The third-order valence-electron chi connectivity index (χ3n) is 4.20. The van der Waals surface area contributed by atoms with Crippen LogP contribution in [0, 0.1) is 0 Å². The molecule has 1 aliphatic heterocycles. The number of fused-ring (bicyclic) bond motifs is 1. The first-order chi connectivity index (χ1) is 13.8. The summed E-state index contributed by atoms with van der Waals surface area (Å²) in [6.45, 7) is 2.98. The number of benzene rings is 2. The highest BCUT2D eigenvalue weighted by molar-refractivity contribution is 6.15. The van der Waals surface area contributed by atoms with Crippen LogP contribution in [0.3, 0.4) is 0 Å². The number of ether oxygens (including phenoxy) is 3. The summed E-state index contributed by atoms with van der Waals surface area (Å²) in [6.07, 6.45) is 1.25. The number of carbonyl (C=O) groups excluding carboxylic acids is 2. The Hall–Kier alpha value is -3.81. The van der Waals surface area contributed by atoms with Gasteiger partial charge in [0.15, 0.2) is 11.2 Å².